The van der Waals surface area contributed by atoms with E-state index in [1.165, 1.54) is 0 Å². The fraction of sp³-hybridized carbons (Fsp3) is 0.833. The van der Waals surface area contributed by atoms with Gasteiger partial charge in [0.15, 0.2) is 0 Å². The number of methoxy groups -OCH3 is 1. The fourth-order valence-electron chi connectivity index (χ4n) is 9.56. The molecule has 3 saturated carbocycles. The third-order valence-electron chi connectivity index (χ3n) is 11.8. The first-order valence-corrected chi connectivity index (χ1v) is 14.4. The molecule has 0 aromatic rings. The van der Waals surface area contributed by atoms with Gasteiger partial charge in [-0.15, -0.1) is 0 Å². The molecular formula is C30H46N2O5. The number of hydrogen-bond acceptors (Lipinski definition) is 6. The van der Waals surface area contributed by atoms with Crippen LogP contribution in [0.2, 0.25) is 0 Å². The average Bonchev–Trinajstić information content (AvgIpc) is 3.59. The maximum absolute atomic E-state index is 14.2. The van der Waals surface area contributed by atoms with E-state index in [2.05, 4.69) is 31.0 Å². The second-order valence-electron chi connectivity index (χ2n) is 13.3. The van der Waals surface area contributed by atoms with Crippen molar-refractivity contribution in [2.75, 3.05) is 26.7 Å². The Morgan fingerprint density at radius 1 is 1.11 bits per heavy atom. The third kappa shape index (κ3) is 4.02. The van der Waals surface area contributed by atoms with Gasteiger partial charge in [-0.05, 0) is 69.7 Å². The lowest BCUT2D eigenvalue weighted by Gasteiger charge is -2.61. The van der Waals surface area contributed by atoms with Crippen LogP contribution in [0.4, 0.5) is 4.79 Å². The van der Waals surface area contributed by atoms with Gasteiger partial charge in [-0.1, -0.05) is 32.9 Å². The van der Waals surface area contributed by atoms with Crippen molar-refractivity contribution in [1.29, 1.82) is 0 Å². The monoisotopic (exact) mass is 514 g/mol. The predicted octanol–water partition coefficient (Wildman–Crippen LogP) is 4.60. The van der Waals surface area contributed by atoms with Crippen LogP contribution in [0.5, 0.6) is 0 Å². The van der Waals surface area contributed by atoms with Crippen molar-refractivity contribution in [1.82, 2.24) is 10.2 Å². The van der Waals surface area contributed by atoms with Crippen LogP contribution in [0.15, 0.2) is 12.2 Å². The number of piperidine rings is 1. The lowest BCUT2D eigenvalue weighted by molar-refractivity contribution is -0.189. The van der Waals surface area contributed by atoms with E-state index in [0.29, 0.717) is 18.9 Å². The van der Waals surface area contributed by atoms with E-state index < -0.39 is 17.6 Å². The average molecular weight is 515 g/mol. The summed E-state index contributed by atoms with van der Waals surface area (Å²) in [5.41, 5.74) is -1.30. The Kier molecular flexibility index (Phi) is 6.88. The minimum atomic E-state index is -0.748. The number of hydrogen-bond donors (Lipinski definition) is 1. The first-order chi connectivity index (χ1) is 17.5. The zero-order valence-electron chi connectivity index (χ0n) is 23.5. The standard InChI is InChI=1S/C30H46N2O5/c1-7-11-28(4)15-23(37-27(35)31-26(34)21-17-32-14-10-20(21)16-32)29(5)18(2)8-12-30(19(3)25(28)33)13-9-22(36-6)24(29)30/h7,11,18-24H,8-10,12-17H2,1-6H3,(H,31,34,35)/b11-7+/t18-,19+,20-,21-,22-,23-,24?,28-,29+,30?/m1/s1. The van der Waals surface area contributed by atoms with Crippen molar-refractivity contribution in [3.05, 3.63) is 12.2 Å². The van der Waals surface area contributed by atoms with Crippen LogP contribution in [-0.4, -0.2) is 61.6 Å². The fourth-order valence-corrected chi connectivity index (χ4v) is 9.56. The summed E-state index contributed by atoms with van der Waals surface area (Å²) < 4.78 is 12.4. The zero-order chi connectivity index (χ0) is 26.8. The molecule has 2 saturated heterocycles. The number of alkyl carbamates (subject to hydrolysis) is 1. The first kappa shape index (κ1) is 26.9. The van der Waals surface area contributed by atoms with Crippen LogP contribution in [0.25, 0.3) is 0 Å². The van der Waals surface area contributed by atoms with E-state index in [4.69, 9.17) is 9.47 Å². The summed E-state index contributed by atoms with van der Waals surface area (Å²) in [5, 5.41) is 2.60. The summed E-state index contributed by atoms with van der Waals surface area (Å²) in [4.78, 5) is 42.9. The minimum absolute atomic E-state index is 0.0213. The third-order valence-corrected chi connectivity index (χ3v) is 11.8. The van der Waals surface area contributed by atoms with Crippen molar-refractivity contribution >= 4 is 17.8 Å². The second kappa shape index (κ2) is 9.48. The smallest absolute Gasteiger partial charge is 0.414 e. The molecule has 0 aromatic heterocycles. The molecular weight excluding hydrogens is 468 g/mol. The molecule has 3 aliphatic carbocycles. The molecule has 0 spiro atoms. The van der Waals surface area contributed by atoms with Gasteiger partial charge in [0.05, 0.1) is 12.0 Å². The largest absolute Gasteiger partial charge is 0.445 e. The summed E-state index contributed by atoms with van der Waals surface area (Å²) in [6.45, 7) is 13.3. The molecule has 37 heavy (non-hydrogen) atoms. The SMILES string of the molecule is C/C=C/[C@]1(C)C[C@@H](OC(=O)NC(=O)[C@@H]2CN3CC[C@@H]2C3)[C@@]2(C)C3[C@H](OC)CCC3(CC[C@H]2C)[C@@H](C)C1=O. The van der Waals surface area contributed by atoms with Gasteiger partial charge in [0.2, 0.25) is 5.91 Å². The molecule has 2 heterocycles. The number of nitrogens with zero attached hydrogens (tertiary/aromatic N) is 1. The maximum atomic E-state index is 14.2. The van der Waals surface area contributed by atoms with E-state index in [0.717, 1.165) is 45.2 Å². The Bertz CT molecular complexity index is 981. The molecule has 0 aromatic carbocycles. The van der Waals surface area contributed by atoms with Crippen LogP contribution < -0.4 is 5.32 Å². The minimum Gasteiger partial charge on any atom is -0.445 e. The van der Waals surface area contributed by atoms with Crippen molar-refractivity contribution in [3.63, 3.8) is 0 Å². The van der Waals surface area contributed by atoms with Gasteiger partial charge in [0, 0.05) is 49.3 Å². The number of carbonyl (C=O) groups is 3. The van der Waals surface area contributed by atoms with Gasteiger partial charge in [-0.25, -0.2) is 4.79 Å². The Morgan fingerprint density at radius 2 is 1.84 bits per heavy atom. The quantitative estimate of drug-likeness (QED) is 0.552. The molecule has 5 aliphatic rings. The number of allylic oxidation sites excluding steroid dienone is 2. The highest BCUT2D eigenvalue weighted by Crippen LogP contribution is 2.68. The van der Waals surface area contributed by atoms with E-state index in [1.54, 1.807) is 7.11 Å². The van der Waals surface area contributed by atoms with E-state index in [1.807, 2.05) is 26.0 Å². The van der Waals surface area contributed by atoms with E-state index >= 15 is 0 Å². The Morgan fingerprint density at radius 3 is 2.46 bits per heavy atom. The van der Waals surface area contributed by atoms with E-state index in [-0.39, 0.29) is 52.3 Å². The summed E-state index contributed by atoms with van der Waals surface area (Å²) in [6.07, 6.45) is 8.04. The molecule has 3 unspecified atom stereocenters. The lowest BCUT2D eigenvalue weighted by atomic mass is 9.44. The zero-order valence-corrected chi connectivity index (χ0v) is 23.5. The van der Waals surface area contributed by atoms with Crippen molar-refractivity contribution in [3.8, 4) is 0 Å². The number of ketones is 1. The number of carbonyl (C=O) groups excluding carboxylic acids is 3. The number of ether oxygens (including phenoxy) is 2. The van der Waals surface area contributed by atoms with Gasteiger partial charge < -0.3 is 14.4 Å². The normalized spacial score (nSPS) is 49.0. The Hall–Kier alpha value is -1.73. The maximum Gasteiger partial charge on any atom is 0.414 e. The summed E-state index contributed by atoms with van der Waals surface area (Å²) >= 11 is 0. The number of amides is 2. The number of Topliss-reactive ketones (excluding diaryl/α,β-unsaturated/α-hetero) is 1. The van der Waals surface area contributed by atoms with Gasteiger partial charge in [0.1, 0.15) is 11.9 Å². The molecule has 0 radical (unpaired) electrons. The number of fused-ring (bicyclic) bond motifs is 2. The van der Waals surface area contributed by atoms with Crippen molar-refractivity contribution in [2.45, 2.75) is 85.4 Å². The first-order valence-electron chi connectivity index (χ1n) is 14.4. The van der Waals surface area contributed by atoms with Crippen LogP contribution in [-0.2, 0) is 19.1 Å². The highest BCUT2D eigenvalue weighted by molar-refractivity contribution is 5.94. The molecule has 5 rings (SSSR count). The van der Waals surface area contributed by atoms with Gasteiger partial charge in [-0.3, -0.25) is 14.9 Å². The Labute approximate surface area is 222 Å². The molecule has 7 nitrogen and oxygen atoms in total. The molecule has 2 aliphatic heterocycles. The van der Waals surface area contributed by atoms with Crippen LogP contribution in [0.3, 0.4) is 0 Å². The Balaban J connectivity index is 1.49. The van der Waals surface area contributed by atoms with Gasteiger partial charge in [0.25, 0.3) is 0 Å². The highest BCUT2D eigenvalue weighted by atomic mass is 16.6. The molecule has 11 atom stereocenters. The van der Waals surface area contributed by atoms with Crippen LogP contribution in [0, 0.1) is 45.8 Å². The summed E-state index contributed by atoms with van der Waals surface area (Å²) in [7, 11) is 1.77. The van der Waals surface area contributed by atoms with Crippen LogP contribution >= 0.6 is 0 Å². The highest BCUT2D eigenvalue weighted by Gasteiger charge is 2.68. The van der Waals surface area contributed by atoms with Gasteiger partial charge in [-0.2, -0.15) is 0 Å². The second-order valence-corrected chi connectivity index (χ2v) is 13.3. The number of imide groups is 1. The molecule has 5 fully saturated rings. The predicted molar refractivity (Wildman–Crippen MR) is 141 cm³/mol. The molecule has 7 heteroatoms. The molecule has 1 N–H and O–H groups in total. The molecule has 206 valence electrons. The lowest BCUT2D eigenvalue weighted by Crippen LogP contribution is -2.63. The van der Waals surface area contributed by atoms with Crippen LogP contribution in [0.1, 0.15) is 73.1 Å². The molecule has 2 amide bonds. The summed E-state index contributed by atoms with van der Waals surface area (Å²) in [5.74, 6) is 0.455. The number of rotatable bonds is 4. The van der Waals surface area contributed by atoms with Crippen molar-refractivity contribution in [2.24, 2.45) is 45.8 Å². The molecule has 4 bridgehead atoms. The number of nitrogens with one attached hydrogen (secondary N) is 1. The van der Waals surface area contributed by atoms with Crippen molar-refractivity contribution < 1.29 is 23.9 Å². The topological polar surface area (TPSA) is 84.9 Å². The summed E-state index contributed by atoms with van der Waals surface area (Å²) in [6, 6.07) is 0. The van der Waals surface area contributed by atoms with Gasteiger partial charge >= 0.3 is 6.09 Å². The van der Waals surface area contributed by atoms with E-state index in [9.17, 15) is 14.4 Å².